The molecule has 1 aromatic rings. The second-order valence-corrected chi connectivity index (χ2v) is 3.66. The Labute approximate surface area is 92.8 Å². The lowest BCUT2D eigenvalue weighted by Crippen LogP contribution is -2.15. The van der Waals surface area contributed by atoms with Crippen molar-refractivity contribution in [3.63, 3.8) is 0 Å². The molecule has 6 nitrogen and oxygen atoms in total. The van der Waals surface area contributed by atoms with Gasteiger partial charge >= 0.3 is 5.97 Å². The minimum Gasteiger partial charge on any atom is -0.460 e. The minimum absolute atomic E-state index is 0.120. The third-order valence-electron chi connectivity index (χ3n) is 2.36. The van der Waals surface area contributed by atoms with Gasteiger partial charge in [0.25, 0.3) is 0 Å². The van der Waals surface area contributed by atoms with Crippen LogP contribution in [0.15, 0.2) is 12.4 Å². The summed E-state index contributed by atoms with van der Waals surface area (Å²) in [5.41, 5.74) is 6.24. The van der Waals surface area contributed by atoms with E-state index in [-0.39, 0.29) is 24.1 Å². The van der Waals surface area contributed by atoms with Gasteiger partial charge in [-0.05, 0) is 0 Å². The first-order chi connectivity index (χ1) is 7.65. The average Bonchev–Trinajstić information content (AvgIpc) is 2.66. The highest BCUT2D eigenvalue weighted by atomic mass is 16.6. The lowest BCUT2D eigenvalue weighted by Gasteiger charge is -2.09. The van der Waals surface area contributed by atoms with Gasteiger partial charge in [-0.25, -0.2) is 9.97 Å². The fraction of sp³-hybridized carbons (Fsp3) is 0.500. The maximum absolute atomic E-state index is 10.8. The van der Waals surface area contributed by atoms with Crippen molar-refractivity contribution in [3.05, 3.63) is 18.0 Å². The Kier molecular flexibility index (Phi) is 3.00. The van der Waals surface area contributed by atoms with Crippen molar-refractivity contribution < 1.29 is 14.3 Å². The lowest BCUT2D eigenvalue weighted by atomic mass is 10.1. The number of aromatic nitrogens is 2. The fourth-order valence-corrected chi connectivity index (χ4v) is 1.66. The molecule has 0 bridgehead atoms. The first-order valence-corrected chi connectivity index (χ1v) is 5.01. The molecule has 0 aromatic carbocycles. The first-order valence-electron chi connectivity index (χ1n) is 5.01. The number of esters is 1. The molecule has 0 aliphatic carbocycles. The fourth-order valence-electron chi connectivity index (χ4n) is 1.66. The third kappa shape index (κ3) is 2.46. The highest BCUT2D eigenvalue weighted by Gasteiger charge is 2.29. The van der Waals surface area contributed by atoms with Crippen LogP contribution in [0.1, 0.15) is 25.0 Å². The van der Waals surface area contributed by atoms with Gasteiger partial charge in [0.2, 0.25) is 5.95 Å². The maximum atomic E-state index is 10.8. The van der Waals surface area contributed by atoms with Gasteiger partial charge < -0.3 is 15.2 Å². The number of ether oxygens (including phenoxy) is 2. The molecule has 2 rings (SSSR count). The van der Waals surface area contributed by atoms with Crippen LogP contribution in [0.5, 0.6) is 0 Å². The lowest BCUT2D eigenvalue weighted by molar-refractivity contribution is -0.146. The van der Waals surface area contributed by atoms with Crippen LogP contribution >= 0.6 is 0 Å². The van der Waals surface area contributed by atoms with Crippen LogP contribution < -0.4 is 5.73 Å². The highest BCUT2D eigenvalue weighted by Crippen LogP contribution is 2.29. The van der Waals surface area contributed by atoms with E-state index in [0.29, 0.717) is 13.0 Å². The van der Waals surface area contributed by atoms with E-state index in [1.165, 1.54) is 6.92 Å². The Morgan fingerprint density at radius 2 is 2.25 bits per heavy atom. The summed E-state index contributed by atoms with van der Waals surface area (Å²) in [4.78, 5) is 18.5. The zero-order valence-corrected chi connectivity index (χ0v) is 8.92. The minimum atomic E-state index is -0.289. The van der Waals surface area contributed by atoms with Gasteiger partial charge in [0.15, 0.2) is 0 Å². The Morgan fingerprint density at radius 3 is 2.88 bits per heavy atom. The number of hydrogen-bond acceptors (Lipinski definition) is 6. The summed E-state index contributed by atoms with van der Waals surface area (Å²) in [7, 11) is 0. The quantitative estimate of drug-likeness (QED) is 0.732. The second kappa shape index (κ2) is 4.44. The number of carbonyl (C=O) groups excluding carboxylic acids is 1. The van der Waals surface area contributed by atoms with Crippen LogP contribution in [0.4, 0.5) is 5.95 Å². The molecule has 1 aromatic heterocycles. The van der Waals surface area contributed by atoms with Crippen molar-refractivity contribution in [2.24, 2.45) is 0 Å². The predicted octanol–water partition coefficient (Wildman–Crippen LogP) is 0.452. The van der Waals surface area contributed by atoms with E-state index < -0.39 is 0 Å². The van der Waals surface area contributed by atoms with Crippen molar-refractivity contribution in [1.29, 1.82) is 0 Å². The molecule has 6 heteroatoms. The van der Waals surface area contributed by atoms with Gasteiger partial charge in [0.1, 0.15) is 6.10 Å². The summed E-state index contributed by atoms with van der Waals surface area (Å²) in [5.74, 6) is -0.0545. The number of nitrogens with zero attached hydrogens (tertiary/aromatic N) is 2. The number of carbonyl (C=O) groups is 1. The van der Waals surface area contributed by atoms with Gasteiger partial charge in [-0.2, -0.15) is 0 Å². The van der Waals surface area contributed by atoms with Gasteiger partial charge in [-0.15, -0.1) is 0 Å². The standard InChI is InChI=1S/C10H13N3O3/c1-6(14)16-8-2-9(15-5-8)7-3-12-10(11)13-4-7/h3-4,8-9H,2,5H2,1H3,(H2,11,12,13). The Bertz CT molecular complexity index is 379. The molecule has 0 saturated carbocycles. The van der Waals surface area contributed by atoms with E-state index in [0.717, 1.165) is 5.56 Å². The van der Waals surface area contributed by atoms with E-state index >= 15 is 0 Å². The average molecular weight is 223 g/mol. The molecule has 86 valence electrons. The van der Waals surface area contributed by atoms with Crippen molar-refractivity contribution in [2.75, 3.05) is 12.3 Å². The van der Waals surface area contributed by atoms with E-state index in [9.17, 15) is 4.79 Å². The van der Waals surface area contributed by atoms with E-state index in [1.807, 2.05) is 0 Å². The molecule has 1 aliphatic heterocycles. The van der Waals surface area contributed by atoms with Gasteiger partial charge in [0.05, 0.1) is 12.7 Å². The van der Waals surface area contributed by atoms with E-state index in [4.69, 9.17) is 15.2 Å². The predicted molar refractivity (Wildman–Crippen MR) is 55.3 cm³/mol. The summed E-state index contributed by atoms with van der Waals surface area (Å²) in [6.45, 7) is 1.80. The Morgan fingerprint density at radius 1 is 1.56 bits per heavy atom. The zero-order chi connectivity index (χ0) is 11.5. The summed E-state index contributed by atoms with van der Waals surface area (Å²) in [6, 6.07) is 0. The molecule has 1 aliphatic rings. The number of nitrogens with two attached hydrogens (primary N) is 1. The summed E-state index contributed by atoms with van der Waals surface area (Å²) >= 11 is 0. The summed E-state index contributed by atoms with van der Waals surface area (Å²) in [6.07, 6.45) is 3.59. The summed E-state index contributed by atoms with van der Waals surface area (Å²) in [5, 5.41) is 0. The van der Waals surface area contributed by atoms with Crippen molar-refractivity contribution in [1.82, 2.24) is 9.97 Å². The van der Waals surface area contributed by atoms with Crippen LogP contribution in [0.3, 0.4) is 0 Å². The molecule has 2 unspecified atom stereocenters. The molecular formula is C10H13N3O3. The van der Waals surface area contributed by atoms with Crippen LogP contribution in [-0.2, 0) is 14.3 Å². The molecule has 16 heavy (non-hydrogen) atoms. The van der Waals surface area contributed by atoms with Crippen LogP contribution in [0, 0.1) is 0 Å². The third-order valence-corrected chi connectivity index (χ3v) is 2.36. The monoisotopic (exact) mass is 223 g/mol. The highest BCUT2D eigenvalue weighted by molar-refractivity contribution is 5.66. The molecule has 2 N–H and O–H groups in total. The normalized spacial score (nSPS) is 24.3. The van der Waals surface area contributed by atoms with Crippen LogP contribution in [-0.4, -0.2) is 28.6 Å². The van der Waals surface area contributed by atoms with Crippen LogP contribution in [0.2, 0.25) is 0 Å². The largest absolute Gasteiger partial charge is 0.460 e. The van der Waals surface area contributed by atoms with Crippen molar-refractivity contribution >= 4 is 11.9 Å². The summed E-state index contributed by atoms with van der Waals surface area (Å²) < 4.78 is 10.6. The first kappa shape index (κ1) is 10.8. The number of nitrogen functional groups attached to an aromatic ring is 1. The zero-order valence-electron chi connectivity index (χ0n) is 8.92. The van der Waals surface area contributed by atoms with E-state index in [1.54, 1.807) is 12.4 Å². The van der Waals surface area contributed by atoms with Gasteiger partial charge in [-0.1, -0.05) is 0 Å². The molecular weight excluding hydrogens is 210 g/mol. The molecule has 2 heterocycles. The second-order valence-electron chi connectivity index (χ2n) is 3.66. The number of rotatable bonds is 2. The van der Waals surface area contributed by atoms with Crippen molar-refractivity contribution in [2.45, 2.75) is 25.6 Å². The molecule has 0 amide bonds. The number of hydrogen-bond donors (Lipinski definition) is 1. The number of anilines is 1. The SMILES string of the molecule is CC(=O)OC1COC(c2cnc(N)nc2)C1. The molecule has 1 saturated heterocycles. The van der Waals surface area contributed by atoms with Gasteiger partial charge in [-0.3, -0.25) is 4.79 Å². The Hall–Kier alpha value is -1.69. The molecule has 1 fully saturated rings. The topological polar surface area (TPSA) is 87.3 Å². The Balaban J connectivity index is 1.98. The van der Waals surface area contributed by atoms with Gasteiger partial charge in [0, 0.05) is 31.3 Å². The molecule has 0 spiro atoms. The van der Waals surface area contributed by atoms with E-state index in [2.05, 4.69) is 9.97 Å². The van der Waals surface area contributed by atoms with Crippen molar-refractivity contribution in [3.8, 4) is 0 Å². The van der Waals surface area contributed by atoms with Crippen LogP contribution in [0.25, 0.3) is 0 Å². The molecule has 2 atom stereocenters. The molecule has 0 radical (unpaired) electrons. The maximum Gasteiger partial charge on any atom is 0.302 e. The smallest absolute Gasteiger partial charge is 0.302 e.